The Balaban J connectivity index is 1.63. The van der Waals surface area contributed by atoms with Crippen molar-refractivity contribution in [1.82, 2.24) is 10.6 Å². The summed E-state index contributed by atoms with van der Waals surface area (Å²) in [6.45, 7) is 1.76. The van der Waals surface area contributed by atoms with Gasteiger partial charge >= 0.3 is 0 Å². The van der Waals surface area contributed by atoms with Crippen LogP contribution in [0.3, 0.4) is 0 Å². The topological polar surface area (TPSA) is 117 Å². The van der Waals surface area contributed by atoms with Crippen molar-refractivity contribution in [2.45, 2.75) is 19.9 Å². The Hall–Kier alpha value is -4.59. The lowest BCUT2D eigenvalue weighted by molar-refractivity contribution is -0.121. The van der Waals surface area contributed by atoms with E-state index in [1.807, 2.05) is 30.3 Å². The number of nitrogens with one attached hydrogen (secondary N) is 3. The van der Waals surface area contributed by atoms with Gasteiger partial charge in [0.25, 0.3) is 5.91 Å². The fourth-order valence-electron chi connectivity index (χ4n) is 3.25. The second-order valence-electron chi connectivity index (χ2n) is 7.76. The van der Waals surface area contributed by atoms with Crippen LogP contribution in [0.2, 0.25) is 0 Å². The van der Waals surface area contributed by atoms with E-state index >= 15 is 0 Å². The highest BCUT2D eigenvalue weighted by molar-refractivity contribution is 6.08. The SMILES string of the molecule is COc1cc(/C=C(\NC(C)=O)C(=O)Nc2ccc(CC(=O)NCc3ccccc3)cc2)ccc1O. The van der Waals surface area contributed by atoms with Crippen LogP contribution in [0.15, 0.2) is 78.5 Å². The molecule has 0 radical (unpaired) electrons. The van der Waals surface area contributed by atoms with Crippen LogP contribution < -0.4 is 20.7 Å². The van der Waals surface area contributed by atoms with E-state index in [0.29, 0.717) is 17.8 Å². The predicted molar refractivity (Wildman–Crippen MR) is 134 cm³/mol. The molecule has 0 unspecified atom stereocenters. The summed E-state index contributed by atoms with van der Waals surface area (Å²) in [7, 11) is 1.42. The first-order chi connectivity index (χ1) is 16.8. The molecule has 0 fully saturated rings. The van der Waals surface area contributed by atoms with Gasteiger partial charge in [-0.25, -0.2) is 0 Å². The smallest absolute Gasteiger partial charge is 0.272 e. The molecule has 0 spiro atoms. The molecule has 0 atom stereocenters. The van der Waals surface area contributed by atoms with E-state index in [1.165, 1.54) is 26.2 Å². The third kappa shape index (κ3) is 7.75. The molecule has 3 aromatic carbocycles. The molecule has 3 amide bonds. The Bertz CT molecular complexity index is 1220. The normalized spacial score (nSPS) is 10.9. The Morgan fingerprint density at radius 1 is 0.943 bits per heavy atom. The van der Waals surface area contributed by atoms with Gasteiger partial charge in [-0.3, -0.25) is 14.4 Å². The number of amides is 3. The molecule has 180 valence electrons. The van der Waals surface area contributed by atoms with Crippen molar-refractivity contribution in [2.24, 2.45) is 0 Å². The molecule has 3 rings (SSSR count). The van der Waals surface area contributed by atoms with Crippen molar-refractivity contribution >= 4 is 29.5 Å². The number of carbonyl (C=O) groups is 3. The van der Waals surface area contributed by atoms with E-state index in [4.69, 9.17) is 4.74 Å². The fraction of sp³-hybridized carbons (Fsp3) is 0.148. The molecule has 3 aromatic rings. The molecule has 0 saturated heterocycles. The van der Waals surface area contributed by atoms with Crippen molar-refractivity contribution in [1.29, 1.82) is 0 Å². The first kappa shape index (κ1) is 25.0. The summed E-state index contributed by atoms with van der Waals surface area (Å²) >= 11 is 0. The highest BCUT2D eigenvalue weighted by Crippen LogP contribution is 2.27. The number of anilines is 1. The maximum atomic E-state index is 12.8. The molecule has 4 N–H and O–H groups in total. The number of benzene rings is 3. The lowest BCUT2D eigenvalue weighted by atomic mass is 10.1. The van der Waals surface area contributed by atoms with Crippen LogP contribution in [0.4, 0.5) is 5.69 Å². The van der Waals surface area contributed by atoms with Gasteiger partial charge in [0.2, 0.25) is 11.8 Å². The molecule has 0 saturated carbocycles. The van der Waals surface area contributed by atoms with Crippen molar-refractivity contribution in [2.75, 3.05) is 12.4 Å². The van der Waals surface area contributed by atoms with E-state index in [1.54, 1.807) is 36.4 Å². The molecule has 0 aromatic heterocycles. The van der Waals surface area contributed by atoms with Crippen LogP contribution in [-0.2, 0) is 27.3 Å². The minimum absolute atomic E-state index is 0.0228. The first-order valence-corrected chi connectivity index (χ1v) is 10.9. The minimum Gasteiger partial charge on any atom is -0.504 e. The monoisotopic (exact) mass is 473 g/mol. The van der Waals surface area contributed by atoms with Gasteiger partial charge in [-0.05, 0) is 47.0 Å². The number of phenols is 1. The Kier molecular flexibility index (Phi) is 8.61. The third-order valence-corrected chi connectivity index (χ3v) is 4.98. The molecule has 0 bridgehead atoms. The van der Waals surface area contributed by atoms with E-state index in [-0.39, 0.29) is 29.5 Å². The quantitative estimate of drug-likeness (QED) is 0.356. The molecule has 8 heteroatoms. The number of carbonyl (C=O) groups excluding carboxylic acids is 3. The maximum Gasteiger partial charge on any atom is 0.272 e. The van der Waals surface area contributed by atoms with Crippen LogP contribution in [0.1, 0.15) is 23.6 Å². The Morgan fingerprint density at radius 2 is 1.66 bits per heavy atom. The molecule has 8 nitrogen and oxygen atoms in total. The molecule has 0 aliphatic carbocycles. The molecule has 0 heterocycles. The highest BCUT2D eigenvalue weighted by Gasteiger charge is 2.13. The number of phenolic OH excluding ortho intramolecular Hbond substituents is 1. The van der Waals surface area contributed by atoms with Crippen molar-refractivity contribution in [3.8, 4) is 11.5 Å². The zero-order valence-electron chi connectivity index (χ0n) is 19.5. The average Bonchev–Trinajstić information content (AvgIpc) is 2.85. The summed E-state index contributed by atoms with van der Waals surface area (Å²) in [6.07, 6.45) is 1.69. The number of hydrogen-bond donors (Lipinski definition) is 4. The number of rotatable bonds is 9. The largest absolute Gasteiger partial charge is 0.504 e. The van der Waals surface area contributed by atoms with Crippen LogP contribution in [0.25, 0.3) is 6.08 Å². The van der Waals surface area contributed by atoms with Gasteiger partial charge in [0.1, 0.15) is 5.70 Å². The molecule has 0 aliphatic rings. The molecular weight excluding hydrogens is 446 g/mol. The molecule has 35 heavy (non-hydrogen) atoms. The number of aromatic hydroxyl groups is 1. The van der Waals surface area contributed by atoms with Crippen molar-refractivity contribution < 1.29 is 24.2 Å². The highest BCUT2D eigenvalue weighted by atomic mass is 16.5. The van der Waals surface area contributed by atoms with Gasteiger partial charge in [-0.2, -0.15) is 0 Å². The van der Waals surface area contributed by atoms with Gasteiger partial charge in [0.05, 0.1) is 13.5 Å². The number of ether oxygens (including phenoxy) is 1. The van der Waals surface area contributed by atoms with E-state index in [9.17, 15) is 19.5 Å². The molecule has 0 aliphatic heterocycles. The Morgan fingerprint density at radius 3 is 2.31 bits per heavy atom. The predicted octanol–water partition coefficient (Wildman–Crippen LogP) is 3.38. The summed E-state index contributed by atoms with van der Waals surface area (Å²) in [5.41, 5.74) is 2.89. The second-order valence-corrected chi connectivity index (χ2v) is 7.76. The summed E-state index contributed by atoms with van der Waals surface area (Å²) in [5.74, 6) is -0.839. The standard InChI is InChI=1S/C27H27N3O5/c1-18(31)29-23(14-21-10-13-24(32)25(15-21)35-2)27(34)30-22-11-8-19(9-12-22)16-26(33)28-17-20-6-4-3-5-7-20/h3-15,32H,16-17H2,1-2H3,(H,28,33)(H,29,31)(H,30,34)/b23-14-. The minimum atomic E-state index is -0.527. The van der Waals surface area contributed by atoms with Crippen LogP contribution in [0.5, 0.6) is 11.5 Å². The van der Waals surface area contributed by atoms with Gasteiger partial charge < -0.3 is 25.8 Å². The van der Waals surface area contributed by atoms with Crippen molar-refractivity contribution in [3.05, 3.63) is 95.2 Å². The van der Waals surface area contributed by atoms with Crippen LogP contribution in [-0.4, -0.2) is 29.9 Å². The zero-order valence-corrected chi connectivity index (χ0v) is 19.5. The van der Waals surface area contributed by atoms with Gasteiger partial charge in [0, 0.05) is 19.2 Å². The summed E-state index contributed by atoms with van der Waals surface area (Å²) in [4.78, 5) is 36.7. The number of hydrogen-bond acceptors (Lipinski definition) is 5. The van der Waals surface area contributed by atoms with Gasteiger partial charge in [0.15, 0.2) is 11.5 Å². The second kappa shape index (κ2) is 12.0. The van der Waals surface area contributed by atoms with Crippen LogP contribution >= 0.6 is 0 Å². The lowest BCUT2D eigenvalue weighted by Gasteiger charge is -2.11. The fourth-order valence-corrected chi connectivity index (χ4v) is 3.25. The zero-order chi connectivity index (χ0) is 25.2. The number of methoxy groups -OCH3 is 1. The lowest BCUT2D eigenvalue weighted by Crippen LogP contribution is -2.29. The maximum absolute atomic E-state index is 12.8. The first-order valence-electron chi connectivity index (χ1n) is 10.9. The van der Waals surface area contributed by atoms with Crippen molar-refractivity contribution in [3.63, 3.8) is 0 Å². The van der Waals surface area contributed by atoms with Gasteiger partial charge in [-0.1, -0.05) is 48.5 Å². The van der Waals surface area contributed by atoms with E-state index in [2.05, 4.69) is 16.0 Å². The van der Waals surface area contributed by atoms with Crippen LogP contribution in [0, 0.1) is 0 Å². The third-order valence-electron chi connectivity index (χ3n) is 4.98. The molecular formula is C27H27N3O5. The summed E-state index contributed by atoms with van der Waals surface area (Å²) in [6, 6.07) is 21.1. The summed E-state index contributed by atoms with van der Waals surface area (Å²) in [5, 5.41) is 17.9. The van der Waals surface area contributed by atoms with E-state index in [0.717, 1.165) is 11.1 Å². The Labute approximate surface area is 203 Å². The average molecular weight is 474 g/mol. The summed E-state index contributed by atoms with van der Waals surface area (Å²) < 4.78 is 5.09. The van der Waals surface area contributed by atoms with Gasteiger partial charge in [-0.15, -0.1) is 0 Å². The van der Waals surface area contributed by atoms with E-state index < -0.39 is 11.8 Å².